The fraction of sp³-hybridized carbons (Fsp3) is 0. The number of fused-ring (bicyclic) bond motifs is 8. The molecular weight excluding hydrogens is 699 g/mol. The molecule has 0 saturated carbocycles. The predicted octanol–water partition coefficient (Wildman–Crippen LogP) is 15.2. The molecule has 4 heteroatoms. The minimum Gasteiger partial charge on any atom is -0.310 e. The third kappa shape index (κ3) is 5.19. The van der Waals surface area contributed by atoms with Gasteiger partial charge >= 0.3 is 0 Å². The molecule has 0 amide bonds. The molecule has 2 heterocycles. The standard InChI is InChI=1S/C52H35N3S/c1-5-19-36(20-6-1)53(37-21-7-2-8-22-37)40-33-47(54(38-23-9-3-10-24-38)39-25-11-4-12-26-39)52-43-29-15-17-31-45(43)55(48(52)34-40)46-35-50-51(42-28-14-13-27-41(42)46)44-30-16-18-32-49(44)56-50/h1-35H. The highest BCUT2D eigenvalue weighted by Crippen LogP contribution is 2.49. The van der Waals surface area contributed by atoms with Crippen LogP contribution < -0.4 is 9.80 Å². The number of hydrogen-bond acceptors (Lipinski definition) is 3. The predicted molar refractivity (Wildman–Crippen MR) is 241 cm³/mol. The highest BCUT2D eigenvalue weighted by Gasteiger charge is 2.26. The Balaban J connectivity index is 1.32. The summed E-state index contributed by atoms with van der Waals surface area (Å²) in [7, 11) is 0. The Hall–Kier alpha value is -7.14. The lowest BCUT2D eigenvalue weighted by molar-refractivity contribution is 1.19. The van der Waals surface area contributed by atoms with E-state index in [2.05, 4.69) is 227 Å². The van der Waals surface area contributed by atoms with E-state index in [-0.39, 0.29) is 0 Å². The minimum atomic E-state index is 1.07. The molecule has 3 nitrogen and oxygen atoms in total. The molecule has 0 saturated heterocycles. The van der Waals surface area contributed by atoms with Crippen molar-refractivity contribution in [3.8, 4) is 5.69 Å². The highest BCUT2D eigenvalue weighted by atomic mass is 32.1. The number of para-hydroxylation sites is 5. The van der Waals surface area contributed by atoms with Crippen molar-refractivity contribution in [1.29, 1.82) is 0 Å². The second kappa shape index (κ2) is 13.3. The van der Waals surface area contributed by atoms with Gasteiger partial charge in [0, 0.05) is 59.1 Å². The van der Waals surface area contributed by atoms with Crippen molar-refractivity contribution in [2.45, 2.75) is 0 Å². The van der Waals surface area contributed by atoms with Gasteiger partial charge < -0.3 is 14.4 Å². The zero-order valence-electron chi connectivity index (χ0n) is 30.5. The molecule has 9 aromatic carbocycles. The van der Waals surface area contributed by atoms with Gasteiger partial charge in [-0.1, -0.05) is 133 Å². The van der Waals surface area contributed by atoms with Crippen LogP contribution in [0.4, 0.5) is 34.1 Å². The lowest BCUT2D eigenvalue weighted by Gasteiger charge is -2.30. The van der Waals surface area contributed by atoms with Crippen LogP contribution in [0.25, 0.3) is 58.4 Å². The van der Waals surface area contributed by atoms with E-state index in [1.165, 1.54) is 52.9 Å². The third-order valence-corrected chi connectivity index (χ3v) is 12.0. The zero-order valence-corrected chi connectivity index (χ0v) is 31.3. The average molecular weight is 734 g/mol. The highest BCUT2D eigenvalue weighted by molar-refractivity contribution is 7.26. The SMILES string of the molecule is c1ccc(N(c2ccccc2)c2cc(N(c3ccccc3)c3ccccc3)c3c4ccccc4n(-c4cc5sc6ccccc6c5c5ccccc45)c3c2)cc1. The van der Waals surface area contributed by atoms with E-state index in [9.17, 15) is 0 Å². The number of nitrogens with zero attached hydrogens (tertiary/aromatic N) is 3. The summed E-state index contributed by atoms with van der Waals surface area (Å²) < 4.78 is 5.11. The lowest BCUT2D eigenvalue weighted by atomic mass is 10.0. The van der Waals surface area contributed by atoms with Crippen molar-refractivity contribution in [3.05, 3.63) is 212 Å². The summed E-state index contributed by atoms with van der Waals surface area (Å²) in [5, 5.41) is 7.52. The number of aromatic nitrogens is 1. The zero-order chi connectivity index (χ0) is 37.0. The minimum absolute atomic E-state index is 1.07. The first-order valence-corrected chi connectivity index (χ1v) is 19.8. The van der Waals surface area contributed by atoms with Gasteiger partial charge in [-0.05, 0) is 84.2 Å². The second-order valence-electron chi connectivity index (χ2n) is 14.1. The Kier molecular flexibility index (Phi) is 7.68. The number of benzene rings is 9. The normalized spacial score (nSPS) is 11.6. The maximum absolute atomic E-state index is 2.52. The molecule has 0 radical (unpaired) electrons. The summed E-state index contributed by atoms with van der Waals surface area (Å²) >= 11 is 1.87. The number of anilines is 6. The van der Waals surface area contributed by atoms with Gasteiger partial charge in [0.25, 0.3) is 0 Å². The molecule has 0 aliphatic rings. The maximum Gasteiger partial charge on any atom is 0.0583 e. The summed E-state index contributed by atoms with van der Waals surface area (Å²) in [5.41, 5.74) is 10.0. The quantitative estimate of drug-likeness (QED) is 0.162. The van der Waals surface area contributed by atoms with Gasteiger partial charge in [-0.25, -0.2) is 0 Å². The van der Waals surface area contributed by atoms with Crippen molar-refractivity contribution in [2.75, 3.05) is 9.80 Å². The molecule has 0 atom stereocenters. The molecule has 0 aliphatic heterocycles. The van der Waals surface area contributed by atoms with Crippen LogP contribution in [0, 0.1) is 0 Å². The van der Waals surface area contributed by atoms with Crippen LogP contribution in [0.2, 0.25) is 0 Å². The smallest absolute Gasteiger partial charge is 0.0583 e. The van der Waals surface area contributed by atoms with Gasteiger partial charge in [0.1, 0.15) is 0 Å². The summed E-state index contributed by atoms with van der Waals surface area (Å²) in [6.45, 7) is 0. The Morgan fingerprint density at radius 2 is 0.804 bits per heavy atom. The first-order valence-electron chi connectivity index (χ1n) is 19.0. The molecule has 0 fully saturated rings. The van der Waals surface area contributed by atoms with Crippen LogP contribution in [-0.2, 0) is 0 Å². The molecule has 0 unspecified atom stereocenters. The summed E-state index contributed by atoms with van der Waals surface area (Å²) in [6, 6.07) is 76.8. The topological polar surface area (TPSA) is 11.4 Å². The molecule has 11 aromatic rings. The van der Waals surface area contributed by atoms with E-state index in [1.54, 1.807) is 0 Å². The number of rotatable bonds is 7. The molecule has 0 N–H and O–H groups in total. The van der Waals surface area contributed by atoms with E-state index in [1.807, 2.05) is 11.3 Å². The number of thiophene rings is 1. The lowest BCUT2D eigenvalue weighted by Crippen LogP contribution is -2.14. The van der Waals surface area contributed by atoms with E-state index in [0.717, 1.165) is 39.6 Å². The Labute approximate surface area is 329 Å². The Bertz CT molecular complexity index is 3110. The average Bonchev–Trinajstić information content (AvgIpc) is 3.81. The van der Waals surface area contributed by atoms with Crippen molar-refractivity contribution in [2.24, 2.45) is 0 Å². The van der Waals surface area contributed by atoms with Gasteiger partial charge in [-0.15, -0.1) is 11.3 Å². The molecular formula is C52H35N3S. The molecule has 56 heavy (non-hydrogen) atoms. The Morgan fingerprint density at radius 1 is 0.321 bits per heavy atom. The summed E-state index contributed by atoms with van der Waals surface area (Å²) in [4.78, 5) is 4.80. The maximum atomic E-state index is 2.52. The fourth-order valence-electron chi connectivity index (χ4n) is 8.56. The van der Waals surface area contributed by atoms with Crippen molar-refractivity contribution in [1.82, 2.24) is 4.57 Å². The summed E-state index contributed by atoms with van der Waals surface area (Å²) in [5.74, 6) is 0. The fourth-order valence-corrected chi connectivity index (χ4v) is 9.72. The second-order valence-corrected chi connectivity index (χ2v) is 15.2. The van der Waals surface area contributed by atoms with E-state index < -0.39 is 0 Å². The van der Waals surface area contributed by atoms with Crippen LogP contribution in [-0.4, -0.2) is 4.57 Å². The summed E-state index contributed by atoms with van der Waals surface area (Å²) in [6.07, 6.45) is 0. The molecule has 0 bridgehead atoms. The van der Waals surface area contributed by atoms with Gasteiger partial charge in [0.2, 0.25) is 0 Å². The van der Waals surface area contributed by atoms with Crippen molar-refractivity contribution in [3.63, 3.8) is 0 Å². The van der Waals surface area contributed by atoms with Crippen LogP contribution in [0.5, 0.6) is 0 Å². The molecule has 0 spiro atoms. The van der Waals surface area contributed by atoms with E-state index in [4.69, 9.17) is 0 Å². The van der Waals surface area contributed by atoms with Crippen LogP contribution in [0.1, 0.15) is 0 Å². The van der Waals surface area contributed by atoms with Gasteiger partial charge in [0.15, 0.2) is 0 Å². The molecule has 2 aromatic heterocycles. The van der Waals surface area contributed by atoms with E-state index in [0.29, 0.717) is 0 Å². The van der Waals surface area contributed by atoms with Gasteiger partial charge in [-0.3, -0.25) is 0 Å². The first-order chi connectivity index (χ1) is 27.8. The third-order valence-electron chi connectivity index (χ3n) is 10.9. The molecule has 0 aliphatic carbocycles. The largest absolute Gasteiger partial charge is 0.310 e. The number of hydrogen-bond donors (Lipinski definition) is 0. The van der Waals surface area contributed by atoms with Crippen LogP contribution in [0.15, 0.2) is 212 Å². The van der Waals surface area contributed by atoms with Gasteiger partial charge in [0.05, 0.1) is 28.1 Å². The van der Waals surface area contributed by atoms with Crippen molar-refractivity contribution < 1.29 is 0 Å². The van der Waals surface area contributed by atoms with Crippen LogP contribution in [0.3, 0.4) is 0 Å². The van der Waals surface area contributed by atoms with Gasteiger partial charge in [-0.2, -0.15) is 0 Å². The Morgan fingerprint density at radius 3 is 1.41 bits per heavy atom. The molecule has 11 rings (SSSR count). The van der Waals surface area contributed by atoms with Crippen LogP contribution >= 0.6 is 11.3 Å². The van der Waals surface area contributed by atoms with E-state index >= 15 is 0 Å². The monoisotopic (exact) mass is 733 g/mol. The van der Waals surface area contributed by atoms with Crippen molar-refractivity contribution >= 4 is 98.2 Å². The first kappa shape index (κ1) is 32.3. The molecule has 264 valence electrons.